The van der Waals surface area contributed by atoms with Crippen molar-refractivity contribution in [3.05, 3.63) is 17.3 Å². The number of nitrogens with two attached hydrogens (primary N) is 1. The van der Waals surface area contributed by atoms with E-state index in [0.717, 1.165) is 12.8 Å². The van der Waals surface area contributed by atoms with Crippen LogP contribution in [0.4, 0.5) is 0 Å². The van der Waals surface area contributed by atoms with Gasteiger partial charge in [-0.1, -0.05) is 0 Å². The van der Waals surface area contributed by atoms with E-state index >= 15 is 0 Å². The number of likely N-dealkylation sites (tertiary alicyclic amines) is 1. The van der Waals surface area contributed by atoms with Crippen molar-refractivity contribution >= 4 is 11.8 Å². The van der Waals surface area contributed by atoms with Crippen LogP contribution >= 0.6 is 0 Å². The third-order valence-electron chi connectivity index (χ3n) is 3.62. The number of aryl methyl sites for hydroxylation is 2. The van der Waals surface area contributed by atoms with E-state index < -0.39 is 0 Å². The molecule has 1 unspecified atom stereocenters. The molecule has 116 valence electrons. The molecule has 7 heteroatoms. The molecular weight excluding hydrogens is 272 g/mol. The second-order valence-corrected chi connectivity index (χ2v) is 5.32. The zero-order chi connectivity index (χ0) is 15.4. The molecule has 0 bridgehead atoms. The molecule has 0 saturated carbocycles. The van der Waals surface area contributed by atoms with Gasteiger partial charge in [-0.05, 0) is 19.8 Å². The number of oxazole rings is 1. The predicted octanol–water partition coefficient (Wildman–Crippen LogP) is 0.219. The van der Waals surface area contributed by atoms with Gasteiger partial charge in [0.05, 0.1) is 11.6 Å². The maximum Gasteiger partial charge on any atom is 0.291 e. The zero-order valence-corrected chi connectivity index (χ0v) is 12.5. The highest BCUT2D eigenvalue weighted by molar-refractivity contribution is 5.93. The Morgan fingerprint density at radius 3 is 2.86 bits per heavy atom. The first-order valence-corrected chi connectivity index (χ1v) is 7.24. The number of hydrogen-bond acceptors (Lipinski definition) is 5. The monoisotopic (exact) mass is 294 g/mol. The van der Waals surface area contributed by atoms with Gasteiger partial charge in [-0.25, -0.2) is 4.98 Å². The normalized spacial score (nSPS) is 18.6. The average molecular weight is 294 g/mol. The van der Waals surface area contributed by atoms with Crippen LogP contribution in [0, 0.1) is 19.8 Å². The van der Waals surface area contributed by atoms with Gasteiger partial charge in [0.1, 0.15) is 0 Å². The lowest BCUT2D eigenvalue weighted by molar-refractivity contribution is -0.126. The molecule has 0 aliphatic carbocycles. The lowest BCUT2D eigenvalue weighted by Crippen LogP contribution is -2.46. The van der Waals surface area contributed by atoms with Crippen molar-refractivity contribution in [2.75, 3.05) is 26.2 Å². The molecule has 0 aromatic carbocycles. The molecule has 2 amide bonds. The predicted molar refractivity (Wildman–Crippen MR) is 76.7 cm³/mol. The summed E-state index contributed by atoms with van der Waals surface area (Å²) in [7, 11) is 0. The lowest BCUT2D eigenvalue weighted by Gasteiger charge is -2.31. The lowest BCUT2D eigenvalue weighted by atomic mass is 9.97. The van der Waals surface area contributed by atoms with Crippen LogP contribution in [-0.2, 0) is 4.79 Å². The first kappa shape index (κ1) is 15.5. The summed E-state index contributed by atoms with van der Waals surface area (Å²) in [6.45, 7) is 5.39. The van der Waals surface area contributed by atoms with Crippen LogP contribution in [0.1, 0.15) is 35.0 Å². The van der Waals surface area contributed by atoms with Crippen LogP contribution in [0.15, 0.2) is 4.42 Å². The highest BCUT2D eigenvalue weighted by Gasteiger charge is 2.31. The standard InChI is InChI=1S/C14H22N4O3/c1-9-12(21-10(2)17-9)14(20)18-7-3-4-11(8-18)13(19)16-6-5-15/h11H,3-8,15H2,1-2H3,(H,16,19). The molecular formula is C14H22N4O3. The minimum absolute atomic E-state index is 0.0385. The van der Waals surface area contributed by atoms with E-state index in [1.165, 1.54) is 0 Å². The van der Waals surface area contributed by atoms with E-state index in [-0.39, 0.29) is 23.5 Å². The van der Waals surface area contributed by atoms with Crippen molar-refractivity contribution in [2.24, 2.45) is 11.7 Å². The molecule has 1 atom stereocenters. The minimum Gasteiger partial charge on any atom is -0.436 e. The summed E-state index contributed by atoms with van der Waals surface area (Å²) in [5.41, 5.74) is 5.97. The third-order valence-corrected chi connectivity index (χ3v) is 3.62. The molecule has 3 N–H and O–H groups in total. The average Bonchev–Trinajstić information content (AvgIpc) is 2.82. The van der Waals surface area contributed by atoms with Gasteiger partial charge in [0.2, 0.25) is 11.7 Å². The maximum absolute atomic E-state index is 12.5. The van der Waals surface area contributed by atoms with Crippen LogP contribution in [0.25, 0.3) is 0 Å². The molecule has 1 aliphatic rings. The highest BCUT2D eigenvalue weighted by atomic mass is 16.4. The SMILES string of the molecule is Cc1nc(C)c(C(=O)N2CCCC(C(=O)NCCN)C2)o1. The third kappa shape index (κ3) is 3.60. The van der Waals surface area contributed by atoms with Gasteiger partial charge >= 0.3 is 0 Å². The van der Waals surface area contributed by atoms with E-state index in [2.05, 4.69) is 10.3 Å². The molecule has 21 heavy (non-hydrogen) atoms. The number of carbonyl (C=O) groups excluding carboxylic acids is 2. The Morgan fingerprint density at radius 1 is 1.48 bits per heavy atom. The van der Waals surface area contributed by atoms with Crippen molar-refractivity contribution in [3.63, 3.8) is 0 Å². The summed E-state index contributed by atoms with van der Waals surface area (Å²) in [5.74, 6) is 0.340. The van der Waals surface area contributed by atoms with Crippen molar-refractivity contribution in [1.29, 1.82) is 0 Å². The molecule has 1 aromatic heterocycles. The molecule has 1 aliphatic heterocycles. The first-order chi connectivity index (χ1) is 10.0. The number of amides is 2. The molecule has 1 fully saturated rings. The summed E-state index contributed by atoms with van der Waals surface area (Å²) < 4.78 is 5.37. The maximum atomic E-state index is 12.5. The van der Waals surface area contributed by atoms with Crippen molar-refractivity contribution in [1.82, 2.24) is 15.2 Å². The summed E-state index contributed by atoms with van der Waals surface area (Å²) in [6, 6.07) is 0. The van der Waals surface area contributed by atoms with E-state index in [1.54, 1.807) is 18.7 Å². The van der Waals surface area contributed by atoms with Gasteiger partial charge in [-0.15, -0.1) is 0 Å². The van der Waals surface area contributed by atoms with Crippen molar-refractivity contribution < 1.29 is 14.0 Å². The Balaban J connectivity index is 2.02. The van der Waals surface area contributed by atoms with E-state index in [9.17, 15) is 9.59 Å². The Labute approximate surface area is 123 Å². The molecule has 7 nitrogen and oxygen atoms in total. The van der Waals surface area contributed by atoms with Gasteiger partial charge in [-0.3, -0.25) is 9.59 Å². The van der Waals surface area contributed by atoms with Gasteiger partial charge in [0.15, 0.2) is 5.89 Å². The summed E-state index contributed by atoms with van der Waals surface area (Å²) >= 11 is 0. The fourth-order valence-electron chi connectivity index (χ4n) is 2.59. The quantitative estimate of drug-likeness (QED) is 0.827. The molecule has 1 aromatic rings. The summed E-state index contributed by atoms with van der Waals surface area (Å²) in [4.78, 5) is 30.2. The fraction of sp³-hybridized carbons (Fsp3) is 0.643. The van der Waals surface area contributed by atoms with Crippen LogP contribution in [-0.4, -0.2) is 47.9 Å². The fourth-order valence-corrected chi connectivity index (χ4v) is 2.59. The highest BCUT2D eigenvalue weighted by Crippen LogP contribution is 2.20. The number of carbonyl (C=O) groups is 2. The minimum atomic E-state index is -0.190. The molecule has 2 rings (SSSR count). The van der Waals surface area contributed by atoms with Crippen molar-refractivity contribution in [3.8, 4) is 0 Å². The largest absolute Gasteiger partial charge is 0.436 e. The Morgan fingerprint density at radius 2 is 2.24 bits per heavy atom. The van der Waals surface area contributed by atoms with Gasteiger partial charge in [0, 0.05) is 33.1 Å². The van der Waals surface area contributed by atoms with Crippen molar-refractivity contribution in [2.45, 2.75) is 26.7 Å². The number of nitrogens with zero attached hydrogens (tertiary/aromatic N) is 2. The Bertz CT molecular complexity index is 526. The van der Waals surface area contributed by atoms with Crippen LogP contribution in [0.5, 0.6) is 0 Å². The second kappa shape index (κ2) is 6.71. The number of rotatable bonds is 4. The number of aromatic nitrogens is 1. The smallest absolute Gasteiger partial charge is 0.291 e. The van der Waals surface area contributed by atoms with Gasteiger partial charge < -0.3 is 20.4 Å². The Kier molecular flexibility index (Phi) is 4.95. The second-order valence-electron chi connectivity index (χ2n) is 5.32. The van der Waals surface area contributed by atoms with E-state index in [4.69, 9.17) is 10.2 Å². The molecule has 2 heterocycles. The van der Waals surface area contributed by atoms with E-state index in [1.807, 2.05) is 0 Å². The number of piperidine rings is 1. The van der Waals surface area contributed by atoms with Crippen LogP contribution < -0.4 is 11.1 Å². The molecule has 0 radical (unpaired) electrons. The van der Waals surface area contributed by atoms with Crippen LogP contribution in [0.3, 0.4) is 0 Å². The first-order valence-electron chi connectivity index (χ1n) is 7.24. The van der Waals surface area contributed by atoms with Gasteiger partial charge in [-0.2, -0.15) is 0 Å². The van der Waals surface area contributed by atoms with Crippen LogP contribution in [0.2, 0.25) is 0 Å². The summed E-state index contributed by atoms with van der Waals surface area (Å²) in [5, 5.41) is 2.78. The molecule has 0 spiro atoms. The van der Waals surface area contributed by atoms with E-state index in [0.29, 0.717) is 37.8 Å². The molecule has 1 saturated heterocycles. The van der Waals surface area contributed by atoms with Gasteiger partial charge in [0.25, 0.3) is 5.91 Å². The topological polar surface area (TPSA) is 101 Å². The Hall–Kier alpha value is -1.89. The number of nitrogens with one attached hydrogen (secondary N) is 1. The zero-order valence-electron chi connectivity index (χ0n) is 12.5. The number of hydrogen-bond donors (Lipinski definition) is 2. The summed E-state index contributed by atoms with van der Waals surface area (Å²) in [6.07, 6.45) is 1.59.